The summed E-state index contributed by atoms with van der Waals surface area (Å²) >= 11 is 0. The monoisotopic (exact) mass is 259 g/mol. The fraction of sp³-hybridized carbons (Fsp3) is 0.727. The molecule has 0 spiro atoms. The lowest BCUT2D eigenvalue weighted by Gasteiger charge is -2.26. The van der Waals surface area contributed by atoms with Crippen LogP contribution in [-0.2, 0) is 23.9 Å². The van der Waals surface area contributed by atoms with Gasteiger partial charge in [-0.3, -0.25) is 9.59 Å². The molecule has 0 aromatic rings. The molecule has 0 aliphatic carbocycles. The van der Waals surface area contributed by atoms with Crippen molar-refractivity contribution in [3.63, 3.8) is 0 Å². The molecule has 7 nitrogen and oxygen atoms in total. The molecule has 1 saturated heterocycles. The van der Waals surface area contributed by atoms with Crippen LogP contribution >= 0.6 is 0 Å². The van der Waals surface area contributed by atoms with Gasteiger partial charge in [0, 0.05) is 6.42 Å². The summed E-state index contributed by atoms with van der Waals surface area (Å²) in [4.78, 5) is 34.1. The normalized spacial score (nSPS) is 26.6. The Morgan fingerprint density at radius 2 is 2.17 bits per heavy atom. The van der Waals surface area contributed by atoms with Gasteiger partial charge in [0.2, 0.25) is 5.91 Å². The summed E-state index contributed by atoms with van der Waals surface area (Å²) in [5.74, 6) is -2.18. The highest BCUT2D eigenvalue weighted by molar-refractivity contribution is 5.92. The molecule has 1 heterocycles. The standard InChI is InChI=1S/C11H17NO6/c1-3-5-17-10(15)11(16)7(6-8(13)12-11)18-9(14)4-2/h7,16H,3-6H2,1-2H3,(H,12,13)/t7?,11-/m1/s1. The zero-order valence-corrected chi connectivity index (χ0v) is 10.4. The van der Waals surface area contributed by atoms with Crippen LogP contribution in [-0.4, -0.2) is 41.4 Å². The van der Waals surface area contributed by atoms with Crippen LogP contribution in [0.4, 0.5) is 0 Å². The highest BCUT2D eigenvalue weighted by atomic mass is 16.6. The number of hydrogen-bond acceptors (Lipinski definition) is 6. The predicted octanol–water partition coefficient (Wildman–Crippen LogP) is -0.530. The minimum atomic E-state index is -2.28. The number of ether oxygens (including phenoxy) is 2. The molecule has 1 unspecified atom stereocenters. The van der Waals surface area contributed by atoms with E-state index in [0.29, 0.717) is 6.42 Å². The van der Waals surface area contributed by atoms with Crippen molar-refractivity contribution in [3.05, 3.63) is 0 Å². The van der Waals surface area contributed by atoms with E-state index in [1.807, 2.05) is 0 Å². The maximum absolute atomic E-state index is 11.7. The van der Waals surface area contributed by atoms with Crippen molar-refractivity contribution >= 4 is 17.8 Å². The van der Waals surface area contributed by atoms with Gasteiger partial charge in [-0.2, -0.15) is 0 Å². The van der Waals surface area contributed by atoms with Gasteiger partial charge in [0.15, 0.2) is 6.10 Å². The SMILES string of the molecule is CCCOC(=O)[C@@]1(O)NC(=O)CC1OC(=O)CC. The van der Waals surface area contributed by atoms with Crippen LogP contribution in [0.15, 0.2) is 0 Å². The van der Waals surface area contributed by atoms with E-state index in [1.54, 1.807) is 13.8 Å². The van der Waals surface area contributed by atoms with Gasteiger partial charge in [-0.1, -0.05) is 13.8 Å². The maximum atomic E-state index is 11.7. The second-order valence-electron chi connectivity index (χ2n) is 3.99. The fourth-order valence-corrected chi connectivity index (χ4v) is 1.52. The number of nitrogens with one attached hydrogen (secondary N) is 1. The predicted molar refractivity (Wildman–Crippen MR) is 59.1 cm³/mol. The second-order valence-corrected chi connectivity index (χ2v) is 3.99. The van der Waals surface area contributed by atoms with E-state index < -0.39 is 29.7 Å². The van der Waals surface area contributed by atoms with Crippen molar-refractivity contribution in [1.29, 1.82) is 0 Å². The van der Waals surface area contributed by atoms with E-state index in [2.05, 4.69) is 5.32 Å². The number of carbonyl (C=O) groups excluding carboxylic acids is 3. The summed E-state index contributed by atoms with van der Waals surface area (Å²) in [6.07, 6.45) is -0.842. The molecule has 0 saturated carbocycles. The number of rotatable bonds is 5. The van der Waals surface area contributed by atoms with Gasteiger partial charge in [-0.15, -0.1) is 0 Å². The van der Waals surface area contributed by atoms with Gasteiger partial charge in [-0.25, -0.2) is 4.79 Å². The van der Waals surface area contributed by atoms with Gasteiger partial charge in [0.25, 0.3) is 5.72 Å². The molecule has 0 bridgehead atoms. The summed E-state index contributed by atoms with van der Waals surface area (Å²) in [5, 5.41) is 12.2. The highest BCUT2D eigenvalue weighted by Gasteiger charge is 2.55. The van der Waals surface area contributed by atoms with E-state index in [0.717, 1.165) is 0 Å². The summed E-state index contributed by atoms with van der Waals surface area (Å²) in [6, 6.07) is 0. The molecular formula is C11H17NO6. The van der Waals surface area contributed by atoms with E-state index in [9.17, 15) is 19.5 Å². The van der Waals surface area contributed by atoms with E-state index in [4.69, 9.17) is 9.47 Å². The molecule has 1 fully saturated rings. The van der Waals surface area contributed by atoms with Crippen LogP contribution in [0.25, 0.3) is 0 Å². The minimum Gasteiger partial charge on any atom is -0.462 e. The Bertz CT molecular complexity index is 355. The van der Waals surface area contributed by atoms with Crippen LogP contribution < -0.4 is 5.32 Å². The van der Waals surface area contributed by atoms with Gasteiger partial charge >= 0.3 is 11.9 Å². The van der Waals surface area contributed by atoms with Crippen molar-refractivity contribution in [3.8, 4) is 0 Å². The zero-order chi connectivity index (χ0) is 13.8. The number of amides is 1. The van der Waals surface area contributed by atoms with Gasteiger partial charge in [0.1, 0.15) is 0 Å². The molecule has 2 atom stereocenters. The molecule has 0 aromatic heterocycles. The Morgan fingerprint density at radius 1 is 1.50 bits per heavy atom. The first kappa shape index (κ1) is 14.4. The fourth-order valence-electron chi connectivity index (χ4n) is 1.52. The largest absolute Gasteiger partial charge is 0.462 e. The van der Waals surface area contributed by atoms with Crippen molar-refractivity contribution in [2.24, 2.45) is 0 Å². The maximum Gasteiger partial charge on any atom is 0.363 e. The summed E-state index contributed by atoms with van der Waals surface area (Å²) < 4.78 is 9.65. The lowest BCUT2D eigenvalue weighted by molar-refractivity contribution is -0.187. The molecule has 1 rings (SSSR count). The smallest absolute Gasteiger partial charge is 0.363 e. The quantitative estimate of drug-likeness (QED) is 0.643. The molecule has 7 heteroatoms. The van der Waals surface area contributed by atoms with Crippen LogP contribution in [0.5, 0.6) is 0 Å². The summed E-state index contributed by atoms with van der Waals surface area (Å²) in [7, 11) is 0. The van der Waals surface area contributed by atoms with Crippen molar-refractivity contribution < 1.29 is 29.0 Å². The number of hydrogen-bond donors (Lipinski definition) is 2. The second kappa shape index (κ2) is 5.81. The first-order chi connectivity index (χ1) is 8.43. The van der Waals surface area contributed by atoms with E-state index in [-0.39, 0.29) is 19.4 Å². The highest BCUT2D eigenvalue weighted by Crippen LogP contribution is 2.23. The van der Waals surface area contributed by atoms with Crippen LogP contribution in [0.2, 0.25) is 0 Å². The Kier molecular flexibility index (Phi) is 4.66. The third-order valence-corrected chi connectivity index (χ3v) is 2.48. The minimum absolute atomic E-state index is 0.0881. The first-order valence-corrected chi connectivity index (χ1v) is 5.84. The lowest BCUT2D eigenvalue weighted by atomic mass is 10.1. The van der Waals surface area contributed by atoms with E-state index >= 15 is 0 Å². The Hall–Kier alpha value is -1.63. The molecule has 1 amide bonds. The molecule has 0 radical (unpaired) electrons. The molecule has 1 aliphatic heterocycles. The Morgan fingerprint density at radius 3 is 2.72 bits per heavy atom. The van der Waals surface area contributed by atoms with Gasteiger partial charge in [-0.05, 0) is 6.42 Å². The van der Waals surface area contributed by atoms with Gasteiger partial charge in [0.05, 0.1) is 13.0 Å². The Labute approximate surface area is 104 Å². The first-order valence-electron chi connectivity index (χ1n) is 5.84. The average molecular weight is 259 g/mol. The van der Waals surface area contributed by atoms with Gasteiger partial charge < -0.3 is 19.9 Å². The van der Waals surface area contributed by atoms with E-state index in [1.165, 1.54) is 0 Å². The summed E-state index contributed by atoms with van der Waals surface area (Å²) in [5.41, 5.74) is -2.28. The number of esters is 2. The molecular weight excluding hydrogens is 242 g/mol. The molecule has 0 aromatic carbocycles. The molecule has 18 heavy (non-hydrogen) atoms. The number of carbonyl (C=O) groups is 3. The van der Waals surface area contributed by atoms with Crippen LogP contribution in [0.3, 0.4) is 0 Å². The third kappa shape index (κ3) is 2.98. The van der Waals surface area contributed by atoms with Crippen molar-refractivity contribution in [1.82, 2.24) is 5.32 Å². The van der Waals surface area contributed by atoms with Crippen molar-refractivity contribution in [2.45, 2.75) is 44.9 Å². The topological polar surface area (TPSA) is 102 Å². The number of aliphatic hydroxyl groups is 1. The third-order valence-electron chi connectivity index (χ3n) is 2.48. The molecule has 2 N–H and O–H groups in total. The molecule has 1 aliphatic rings. The summed E-state index contributed by atoms with van der Waals surface area (Å²) in [6.45, 7) is 3.48. The molecule has 102 valence electrons. The Balaban J connectivity index is 2.77. The average Bonchev–Trinajstić information content (AvgIpc) is 2.62. The zero-order valence-electron chi connectivity index (χ0n) is 10.4. The lowest BCUT2D eigenvalue weighted by Crippen LogP contribution is -2.57. The van der Waals surface area contributed by atoms with Crippen LogP contribution in [0, 0.1) is 0 Å². The van der Waals surface area contributed by atoms with Crippen molar-refractivity contribution in [2.75, 3.05) is 6.61 Å². The van der Waals surface area contributed by atoms with Crippen LogP contribution in [0.1, 0.15) is 33.1 Å².